The lowest BCUT2D eigenvalue weighted by molar-refractivity contribution is 0.0967. The average molecular weight is 266 g/mol. The van der Waals surface area contributed by atoms with Gasteiger partial charge in [-0.25, -0.2) is 4.98 Å². The molecule has 1 aliphatic carbocycles. The van der Waals surface area contributed by atoms with Crippen molar-refractivity contribution in [2.24, 2.45) is 0 Å². The summed E-state index contributed by atoms with van der Waals surface area (Å²) < 4.78 is 0. The van der Waals surface area contributed by atoms with E-state index in [1.807, 2.05) is 19.1 Å². The summed E-state index contributed by atoms with van der Waals surface area (Å²) in [4.78, 5) is 24.7. The van der Waals surface area contributed by atoms with Gasteiger partial charge in [-0.1, -0.05) is 12.1 Å². The minimum absolute atomic E-state index is 0.244. The number of hydrogen-bond acceptors (Lipinski definition) is 4. The van der Waals surface area contributed by atoms with Crippen molar-refractivity contribution in [3.63, 3.8) is 0 Å². The maximum atomic E-state index is 12.2. The molecule has 1 N–H and O–H groups in total. The summed E-state index contributed by atoms with van der Waals surface area (Å²) in [5.41, 5.74) is 1.94. The van der Waals surface area contributed by atoms with Crippen LogP contribution in [0.4, 0.5) is 0 Å². The fraction of sp³-hybridized carbons (Fsp3) is 0.200. The van der Waals surface area contributed by atoms with Crippen molar-refractivity contribution < 1.29 is 4.79 Å². The molecule has 0 bridgehead atoms. The normalized spacial score (nSPS) is 13.3. The number of fused-ring (bicyclic) bond motifs is 1. The molecule has 0 aliphatic heterocycles. The van der Waals surface area contributed by atoms with Gasteiger partial charge < -0.3 is 5.32 Å². The van der Waals surface area contributed by atoms with Crippen molar-refractivity contribution in [3.8, 4) is 0 Å². The Morgan fingerprint density at radius 1 is 1.25 bits per heavy atom. The minimum atomic E-state index is -0.244. The number of carbonyl (C=O) groups excluding carboxylic acids is 1. The van der Waals surface area contributed by atoms with Gasteiger partial charge in [0, 0.05) is 18.1 Å². The summed E-state index contributed by atoms with van der Waals surface area (Å²) in [5.74, 6) is -0.244. The monoisotopic (exact) mass is 266 g/mol. The van der Waals surface area contributed by atoms with E-state index in [4.69, 9.17) is 0 Å². The molecule has 100 valence electrons. The van der Waals surface area contributed by atoms with Crippen molar-refractivity contribution in [2.75, 3.05) is 0 Å². The molecule has 0 fully saturated rings. The zero-order chi connectivity index (χ0) is 13.9. The molecule has 0 saturated carbocycles. The van der Waals surface area contributed by atoms with Crippen LogP contribution >= 0.6 is 0 Å². The number of amides is 1. The molecule has 0 atom stereocenters. The van der Waals surface area contributed by atoms with E-state index in [0.29, 0.717) is 5.69 Å². The summed E-state index contributed by atoms with van der Waals surface area (Å²) in [6.07, 6.45) is 8.60. The van der Waals surface area contributed by atoms with Crippen molar-refractivity contribution in [2.45, 2.75) is 19.8 Å². The molecule has 3 rings (SSSR count). The molecule has 0 aromatic carbocycles. The topological polar surface area (TPSA) is 67.8 Å². The van der Waals surface area contributed by atoms with Crippen LogP contribution in [0.5, 0.6) is 0 Å². The molecule has 2 aromatic heterocycles. The Balaban J connectivity index is 1.94. The number of nitrogens with zero attached hydrogens (tertiary/aromatic N) is 3. The smallest absolute Gasteiger partial charge is 0.275 e. The van der Waals surface area contributed by atoms with E-state index in [9.17, 15) is 4.79 Å². The van der Waals surface area contributed by atoms with Crippen LogP contribution in [0.15, 0.2) is 30.7 Å². The van der Waals surface area contributed by atoms with Crippen LogP contribution in [0.1, 0.15) is 29.0 Å². The van der Waals surface area contributed by atoms with Crippen molar-refractivity contribution in [1.29, 1.82) is 0 Å². The van der Waals surface area contributed by atoms with E-state index in [2.05, 4.69) is 26.3 Å². The van der Waals surface area contributed by atoms with E-state index >= 15 is 0 Å². The van der Waals surface area contributed by atoms with Gasteiger partial charge in [0.15, 0.2) is 0 Å². The van der Waals surface area contributed by atoms with E-state index in [1.54, 1.807) is 12.4 Å². The van der Waals surface area contributed by atoms with Gasteiger partial charge in [-0.05, 0) is 31.1 Å². The average Bonchev–Trinajstić information content (AvgIpc) is 2.48. The van der Waals surface area contributed by atoms with Gasteiger partial charge in [0.2, 0.25) is 0 Å². The molecule has 2 aromatic rings. The van der Waals surface area contributed by atoms with Crippen molar-refractivity contribution in [1.82, 2.24) is 20.3 Å². The molecule has 5 heteroatoms. The van der Waals surface area contributed by atoms with Gasteiger partial charge >= 0.3 is 0 Å². The molecule has 0 unspecified atom stereocenters. The Labute approximate surface area is 116 Å². The van der Waals surface area contributed by atoms with Crippen LogP contribution < -0.4 is 15.9 Å². The molecule has 20 heavy (non-hydrogen) atoms. The number of hydrogen-bond donors (Lipinski definition) is 1. The predicted molar refractivity (Wildman–Crippen MR) is 74.8 cm³/mol. The highest BCUT2D eigenvalue weighted by atomic mass is 16.1. The quantitative estimate of drug-likeness (QED) is 0.848. The van der Waals surface area contributed by atoms with Crippen molar-refractivity contribution >= 4 is 17.7 Å². The summed E-state index contributed by atoms with van der Waals surface area (Å²) in [7, 11) is 0. The van der Waals surface area contributed by atoms with E-state index in [0.717, 1.165) is 34.8 Å². The molecule has 0 radical (unpaired) electrons. The van der Waals surface area contributed by atoms with Crippen LogP contribution in [0.2, 0.25) is 0 Å². The number of carbonyl (C=O) groups is 1. The number of nitrogens with one attached hydrogen (secondary N) is 1. The first kappa shape index (κ1) is 12.5. The number of aryl methyl sites for hydroxylation is 1. The van der Waals surface area contributed by atoms with Crippen LogP contribution in [-0.2, 0) is 0 Å². The summed E-state index contributed by atoms with van der Waals surface area (Å²) >= 11 is 0. The Morgan fingerprint density at radius 2 is 2.15 bits per heavy atom. The van der Waals surface area contributed by atoms with Crippen molar-refractivity contribution in [3.05, 3.63) is 52.7 Å². The largest absolute Gasteiger partial charge is 0.322 e. The Bertz CT molecular complexity index is 765. The molecule has 1 amide bonds. The number of rotatable bonds is 2. The van der Waals surface area contributed by atoms with Crippen LogP contribution in [0, 0.1) is 6.92 Å². The second kappa shape index (κ2) is 5.21. The second-order valence-electron chi connectivity index (χ2n) is 4.66. The highest BCUT2D eigenvalue weighted by molar-refractivity contribution is 5.96. The number of aromatic nitrogens is 3. The first-order valence-electron chi connectivity index (χ1n) is 6.48. The standard InChI is InChI=1S/C15H14N4O/c1-10-8-18-13(9-17-10)15(20)19-12-6-2-4-11-5-3-7-16-14(11)12/h3-5,7-9H,2,6H2,1H3,(H,19,20). The Kier molecular flexibility index (Phi) is 3.25. The molecular formula is C15H14N4O. The van der Waals surface area contributed by atoms with E-state index in [-0.39, 0.29) is 5.91 Å². The van der Waals surface area contributed by atoms with Crippen LogP contribution in [-0.4, -0.2) is 20.9 Å². The maximum Gasteiger partial charge on any atom is 0.275 e. The highest BCUT2D eigenvalue weighted by Gasteiger charge is 2.12. The minimum Gasteiger partial charge on any atom is -0.322 e. The second-order valence-corrected chi connectivity index (χ2v) is 4.66. The lowest BCUT2D eigenvalue weighted by atomic mass is 10.1. The zero-order valence-corrected chi connectivity index (χ0v) is 11.1. The Morgan fingerprint density at radius 3 is 2.95 bits per heavy atom. The van der Waals surface area contributed by atoms with E-state index in [1.165, 1.54) is 6.20 Å². The molecule has 0 spiro atoms. The molecule has 2 heterocycles. The molecule has 5 nitrogen and oxygen atoms in total. The molecular weight excluding hydrogens is 252 g/mol. The van der Waals surface area contributed by atoms with E-state index < -0.39 is 0 Å². The lowest BCUT2D eigenvalue weighted by Gasteiger charge is -2.11. The lowest BCUT2D eigenvalue weighted by Crippen LogP contribution is -2.38. The van der Waals surface area contributed by atoms with Gasteiger partial charge in [0.05, 0.1) is 17.2 Å². The molecule has 0 saturated heterocycles. The first-order chi connectivity index (χ1) is 9.74. The molecule has 1 aliphatic rings. The van der Waals surface area contributed by atoms with Crippen LogP contribution in [0.3, 0.4) is 0 Å². The summed E-state index contributed by atoms with van der Waals surface area (Å²) in [5, 5.41) is 4.80. The number of pyridine rings is 1. The van der Waals surface area contributed by atoms with Gasteiger partial charge in [0.25, 0.3) is 5.91 Å². The Hall–Kier alpha value is -2.56. The predicted octanol–water partition coefficient (Wildman–Crippen LogP) is 0.293. The summed E-state index contributed by atoms with van der Waals surface area (Å²) in [6, 6.07) is 3.89. The SMILES string of the molecule is Cc1cnc(C(=O)NC2=c3ncccc3=CCC2)cn1. The summed E-state index contributed by atoms with van der Waals surface area (Å²) in [6.45, 7) is 1.83. The maximum absolute atomic E-state index is 12.2. The van der Waals surface area contributed by atoms with Crippen LogP contribution in [0.25, 0.3) is 11.8 Å². The third kappa shape index (κ3) is 2.42. The van der Waals surface area contributed by atoms with Gasteiger partial charge in [-0.3, -0.25) is 14.8 Å². The third-order valence-corrected chi connectivity index (χ3v) is 3.16. The van der Waals surface area contributed by atoms with Gasteiger partial charge in [0.1, 0.15) is 5.69 Å². The van der Waals surface area contributed by atoms with Gasteiger partial charge in [-0.2, -0.15) is 0 Å². The third-order valence-electron chi connectivity index (χ3n) is 3.16. The van der Waals surface area contributed by atoms with Gasteiger partial charge in [-0.15, -0.1) is 0 Å². The highest BCUT2D eigenvalue weighted by Crippen LogP contribution is 2.05. The fourth-order valence-corrected chi connectivity index (χ4v) is 2.16. The first-order valence-corrected chi connectivity index (χ1v) is 6.48. The zero-order valence-electron chi connectivity index (χ0n) is 11.1. The fourth-order valence-electron chi connectivity index (χ4n) is 2.16.